The van der Waals surface area contributed by atoms with Crippen LogP contribution in [0.15, 0.2) is 73.1 Å². The first-order valence-corrected chi connectivity index (χ1v) is 21.6. The van der Waals surface area contributed by atoms with Crippen molar-refractivity contribution in [2.45, 2.75) is 85.5 Å². The number of rotatable bonds is 5. The van der Waals surface area contributed by atoms with Crippen molar-refractivity contribution >= 4 is 53.0 Å². The van der Waals surface area contributed by atoms with E-state index in [2.05, 4.69) is 54.2 Å². The first kappa shape index (κ1) is 45.6. The summed E-state index contributed by atoms with van der Waals surface area (Å²) in [6, 6.07) is 19.6. The predicted octanol–water partition coefficient (Wildman–Crippen LogP) is 8.20. The predicted molar refractivity (Wildman–Crippen MR) is 240 cm³/mol. The van der Waals surface area contributed by atoms with Crippen LogP contribution in [0.2, 0.25) is 10.0 Å². The number of halogens is 2. The average Bonchev–Trinajstić information content (AvgIpc) is 3.86. The van der Waals surface area contributed by atoms with Crippen LogP contribution in [0.25, 0.3) is 0 Å². The molecule has 2 saturated heterocycles. The summed E-state index contributed by atoms with van der Waals surface area (Å²) in [5.74, 6) is 0. The Kier molecular flexibility index (Phi) is 15.2. The Labute approximate surface area is 369 Å². The number of hydrogen-bond donors (Lipinski definition) is 1. The summed E-state index contributed by atoms with van der Waals surface area (Å²) >= 11 is 12.3. The van der Waals surface area contributed by atoms with Gasteiger partial charge in [-0.25, -0.2) is 9.59 Å². The van der Waals surface area contributed by atoms with Crippen LogP contribution in [0.1, 0.15) is 80.0 Å². The molecule has 2 amide bonds. The van der Waals surface area contributed by atoms with Gasteiger partial charge < -0.3 is 34.4 Å². The number of aldehydes is 1. The van der Waals surface area contributed by atoms with Gasteiger partial charge in [0.2, 0.25) is 0 Å². The van der Waals surface area contributed by atoms with E-state index in [9.17, 15) is 14.4 Å². The van der Waals surface area contributed by atoms with E-state index in [1.165, 1.54) is 16.7 Å². The highest BCUT2D eigenvalue weighted by atomic mass is 35.5. The van der Waals surface area contributed by atoms with Gasteiger partial charge in [0.05, 0.1) is 24.5 Å². The number of aromatic nitrogens is 2. The molecule has 0 aliphatic carbocycles. The van der Waals surface area contributed by atoms with Gasteiger partial charge in [0.25, 0.3) is 0 Å². The summed E-state index contributed by atoms with van der Waals surface area (Å²) in [5.41, 5.74) is 7.76. The van der Waals surface area contributed by atoms with Crippen molar-refractivity contribution in [1.82, 2.24) is 30.0 Å². The van der Waals surface area contributed by atoms with E-state index in [1.807, 2.05) is 72.0 Å². The van der Waals surface area contributed by atoms with E-state index >= 15 is 0 Å². The minimum absolute atomic E-state index is 0.200. The van der Waals surface area contributed by atoms with Gasteiger partial charge in [-0.15, -0.1) is 0 Å². The summed E-state index contributed by atoms with van der Waals surface area (Å²) in [7, 11) is 0. The molecule has 4 aliphatic heterocycles. The number of hydrogen-bond acceptors (Lipinski definition) is 11. The molecule has 13 nitrogen and oxygen atoms in total. The molecular formula is C46H58Cl2N8O5. The number of nitrogens with one attached hydrogen (secondary N) is 1. The smallest absolute Gasteiger partial charge is 0.410 e. The van der Waals surface area contributed by atoms with E-state index < -0.39 is 5.60 Å². The molecule has 0 radical (unpaired) electrons. The Morgan fingerprint density at radius 2 is 1.16 bits per heavy atom. The first-order valence-electron chi connectivity index (χ1n) is 20.8. The summed E-state index contributed by atoms with van der Waals surface area (Å²) in [6.45, 7) is 21.5. The minimum atomic E-state index is -0.464. The van der Waals surface area contributed by atoms with Crippen molar-refractivity contribution in [1.29, 1.82) is 0 Å². The molecule has 1 N–H and O–H groups in total. The fraction of sp³-hybridized carbons (Fsp3) is 0.457. The Bertz CT molecular complexity index is 2100. The lowest BCUT2D eigenvalue weighted by atomic mass is 10.1. The standard InChI is InChI=1S/C23H29ClN4O2.C14H11ClN2O.C9H18N2O2/c1-23(2,3)30-22(29)27-11-9-26(10-12-27)14-18-6-7-19(24)13-21(18)28-15-17-5-4-8-25-20(17)16-28;15-12-4-3-11(9-18)14(6-12)17-7-10-2-1-5-16-13(10)8-17;1-9(2,3)13-8(12)11-6-4-10-5-7-11/h4-8,13H,9-12,14-16H2,1-3H3;1-6,9H,7-8H2;10H,4-7H2,1-3H3. The number of carbonyl (C=O) groups excluding carboxylic acids is 3. The maximum atomic E-state index is 12.3. The highest BCUT2D eigenvalue weighted by Crippen LogP contribution is 2.33. The number of fused-ring (bicyclic) bond motifs is 2. The summed E-state index contributed by atoms with van der Waals surface area (Å²) < 4.78 is 10.7. The Hall–Kier alpha value is -4.95. The molecule has 0 unspecified atom stereocenters. The number of benzene rings is 2. The molecule has 0 atom stereocenters. The Morgan fingerprint density at radius 3 is 1.67 bits per heavy atom. The molecule has 6 heterocycles. The van der Waals surface area contributed by atoms with Crippen LogP contribution < -0.4 is 15.1 Å². The zero-order chi connectivity index (χ0) is 43.7. The molecular weight excluding hydrogens is 815 g/mol. The molecule has 2 aromatic heterocycles. The molecule has 8 rings (SSSR count). The lowest BCUT2D eigenvalue weighted by Gasteiger charge is -2.36. The van der Waals surface area contributed by atoms with Crippen molar-refractivity contribution in [3.05, 3.63) is 117 Å². The van der Waals surface area contributed by atoms with Gasteiger partial charge >= 0.3 is 12.2 Å². The van der Waals surface area contributed by atoms with Crippen molar-refractivity contribution < 1.29 is 23.9 Å². The van der Waals surface area contributed by atoms with Crippen LogP contribution >= 0.6 is 23.2 Å². The summed E-state index contributed by atoms with van der Waals surface area (Å²) in [4.78, 5) is 54.1. The number of amides is 2. The normalized spacial score (nSPS) is 16.4. The third-order valence-corrected chi connectivity index (χ3v) is 10.9. The topological polar surface area (TPSA) is 124 Å². The van der Waals surface area contributed by atoms with Gasteiger partial charge in [0, 0.05) is 111 Å². The highest BCUT2D eigenvalue weighted by Gasteiger charge is 2.28. The minimum Gasteiger partial charge on any atom is -0.444 e. The third-order valence-electron chi connectivity index (χ3n) is 10.4. The number of carbonyl (C=O) groups is 3. The monoisotopic (exact) mass is 872 g/mol. The SMILES string of the molecule is CC(C)(C)OC(=O)N1CCN(Cc2ccc(Cl)cc2N2Cc3cccnc3C2)CC1.CC(C)(C)OC(=O)N1CCNCC1.O=Cc1ccc(Cl)cc1N1Cc2cccnc2C1. The Morgan fingerprint density at radius 1 is 0.672 bits per heavy atom. The molecule has 15 heteroatoms. The number of pyridine rings is 2. The van der Waals surface area contributed by atoms with Crippen molar-refractivity contribution in [3.63, 3.8) is 0 Å². The number of ether oxygens (including phenoxy) is 2. The van der Waals surface area contributed by atoms with E-state index in [0.717, 1.165) is 106 Å². The molecule has 0 spiro atoms. The second-order valence-corrected chi connectivity index (χ2v) is 18.4. The Balaban J connectivity index is 0.000000170. The molecule has 61 heavy (non-hydrogen) atoms. The van der Waals surface area contributed by atoms with Gasteiger partial charge in [-0.05, 0) is 101 Å². The van der Waals surface area contributed by atoms with Gasteiger partial charge in [-0.3, -0.25) is 19.7 Å². The van der Waals surface area contributed by atoms with E-state index in [1.54, 1.807) is 28.1 Å². The molecule has 4 aromatic rings. The van der Waals surface area contributed by atoms with Crippen LogP contribution in [0.4, 0.5) is 21.0 Å². The summed E-state index contributed by atoms with van der Waals surface area (Å²) in [6.07, 6.45) is 4.08. The lowest BCUT2D eigenvalue weighted by molar-refractivity contribution is 0.0138. The van der Waals surface area contributed by atoms with E-state index in [-0.39, 0.29) is 17.8 Å². The number of anilines is 2. The van der Waals surface area contributed by atoms with Crippen molar-refractivity contribution in [2.75, 3.05) is 62.2 Å². The third kappa shape index (κ3) is 13.0. The zero-order valence-electron chi connectivity index (χ0n) is 36.1. The second kappa shape index (κ2) is 20.3. The zero-order valence-corrected chi connectivity index (χ0v) is 37.6. The number of piperazine rings is 2. The molecule has 326 valence electrons. The molecule has 0 bridgehead atoms. The lowest BCUT2D eigenvalue weighted by Crippen LogP contribution is -2.49. The van der Waals surface area contributed by atoms with Crippen LogP contribution in [0, 0.1) is 0 Å². The van der Waals surface area contributed by atoms with Gasteiger partial charge in [-0.2, -0.15) is 0 Å². The average molecular weight is 874 g/mol. The van der Waals surface area contributed by atoms with Crippen molar-refractivity contribution in [3.8, 4) is 0 Å². The number of nitrogens with zero attached hydrogens (tertiary/aromatic N) is 7. The maximum Gasteiger partial charge on any atom is 0.410 e. The van der Waals surface area contributed by atoms with Gasteiger partial charge in [0.1, 0.15) is 11.2 Å². The van der Waals surface area contributed by atoms with Gasteiger partial charge in [-0.1, -0.05) is 41.4 Å². The van der Waals surface area contributed by atoms with Gasteiger partial charge in [0.15, 0.2) is 6.29 Å². The van der Waals surface area contributed by atoms with E-state index in [0.29, 0.717) is 23.7 Å². The quantitative estimate of drug-likeness (QED) is 0.195. The van der Waals surface area contributed by atoms with Crippen molar-refractivity contribution in [2.24, 2.45) is 0 Å². The van der Waals surface area contributed by atoms with Crippen LogP contribution in [-0.4, -0.2) is 107 Å². The van der Waals surface area contributed by atoms with Crippen LogP contribution in [0.3, 0.4) is 0 Å². The second-order valence-electron chi connectivity index (χ2n) is 17.5. The highest BCUT2D eigenvalue weighted by molar-refractivity contribution is 6.31. The molecule has 4 aliphatic rings. The first-order chi connectivity index (χ1) is 29.0. The molecule has 2 aromatic carbocycles. The fourth-order valence-corrected chi connectivity index (χ4v) is 7.76. The maximum absolute atomic E-state index is 12.3. The largest absolute Gasteiger partial charge is 0.444 e. The van der Waals surface area contributed by atoms with Crippen LogP contribution in [0.5, 0.6) is 0 Å². The van der Waals surface area contributed by atoms with E-state index in [4.69, 9.17) is 32.7 Å². The fourth-order valence-electron chi connectivity index (χ4n) is 7.43. The molecule has 2 fully saturated rings. The van der Waals surface area contributed by atoms with Crippen LogP contribution in [-0.2, 0) is 42.2 Å². The molecule has 0 saturated carbocycles. The summed E-state index contributed by atoms with van der Waals surface area (Å²) in [5, 5.41) is 4.56.